The second-order valence-electron chi connectivity index (χ2n) is 4.98. The van der Waals surface area contributed by atoms with Crippen molar-refractivity contribution in [3.8, 4) is 0 Å². The maximum atomic E-state index is 4.61. The number of rotatable bonds is 4. The minimum Gasteiger partial charge on any atom is -0.376 e. The minimum absolute atomic E-state index is 0.472. The minimum atomic E-state index is 0.472. The summed E-state index contributed by atoms with van der Waals surface area (Å²) in [6.45, 7) is 6.93. The van der Waals surface area contributed by atoms with Gasteiger partial charge in [0.1, 0.15) is 6.33 Å². The van der Waals surface area contributed by atoms with Gasteiger partial charge in [-0.2, -0.15) is 9.61 Å². The molecule has 0 atom stereocenters. The van der Waals surface area contributed by atoms with Crippen LogP contribution in [0, 0.1) is 6.92 Å². The Morgan fingerprint density at radius 1 is 1.40 bits per heavy atom. The topological polar surface area (TPSA) is 68.0 Å². The molecule has 0 fully saturated rings. The second-order valence-corrected chi connectivity index (χ2v) is 5.87. The van der Waals surface area contributed by atoms with Crippen molar-refractivity contribution >= 4 is 22.7 Å². The van der Waals surface area contributed by atoms with Gasteiger partial charge in [-0.25, -0.2) is 4.98 Å². The molecule has 0 aliphatic carbocycles. The Balaban J connectivity index is 1.80. The highest BCUT2D eigenvalue weighted by molar-refractivity contribution is 7.09. The largest absolute Gasteiger partial charge is 0.376 e. The van der Waals surface area contributed by atoms with Gasteiger partial charge in [0.15, 0.2) is 0 Å². The molecule has 6 nitrogen and oxygen atoms in total. The molecule has 3 aromatic heterocycles. The molecule has 0 radical (unpaired) electrons. The van der Waals surface area contributed by atoms with Crippen LogP contribution in [0.25, 0.3) is 5.65 Å². The molecule has 20 heavy (non-hydrogen) atoms. The van der Waals surface area contributed by atoms with Crippen LogP contribution in [0.5, 0.6) is 0 Å². The van der Waals surface area contributed by atoms with Crippen molar-refractivity contribution in [1.82, 2.24) is 24.8 Å². The Kier molecular flexibility index (Phi) is 3.35. The number of fused-ring (bicyclic) bond motifs is 1. The predicted molar refractivity (Wildman–Crippen MR) is 79.0 cm³/mol. The molecule has 0 spiro atoms. The molecule has 0 amide bonds. The number of aromatic nitrogens is 5. The summed E-state index contributed by atoms with van der Waals surface area (Å²) in [4.78, 5) is 4.61. The fourth-order valence-corrected chi connectivity index (χ4v) is 2.77. The molecule has 0 aromatic carbocycles. The van der Waals surface area contributed by atoms with Crippen LogP contribution in [0.1, 0.15) is 36.2 Å². The first-order valence-electron chi connectivity index (χ1n) is 6.49. The zero-order chi connectivity index (χ0) is 14.1. The van der Waals surface area contributed by atoms with E-state index in [4.69, 9.17) is 0 Å². The summed E-state index contributed by atoms with van der Waals surface area (Å²) in [6, 6.07) is 1.97. The van der Waals surface area contributed by atoms with Crippen LogP contribution in [0.3, 0.4) is 0 Å². The van der Waals surface area contributed by atoms with Crippen molar-refractivity contribution in [2.75, 3.05) is 5.32 Å². The van der Waals surface area contributed by atoms with Crippen molar-refractivity contribution < 1.29 is 0 Å². The Hall–Kier alpha value is -2.02. The normalized spacial score (nSPS) is 11.4. The van der Waals surface area contributed by atoms with E-state index in [1.54, 1.807) is 22.2 Å². The first-order valence-corrected chi connectivity index (χ1v) is 7.37. The van der Waals surface area contributed by atoms with E-state index >= 15 is 0 Å². The number of nitrogens with zero attached hydrogens (tertiary/aromatic N) is 5. The molecule has 0 saturated heterocycles. The molecule has 1 N–H and O–H groups in total. The lowest BCUT2D eigenvalue weighted by molar-refractivity contribution is 0.840. The zero-order valence-electron chi connectivity index (χ0n) is 11.7. The standard InChI is InChI=1S/C13H16N6S/c1-8(2)13-16-10(6-20-13)5-14-11-4-9(3)18-19-7-15-17-12(11)19/h4,6-8,14H,5H2,1-3H3. The van der Waals surface area contributed by atoms with E-state index in [1.807, 2.05) is 13.0 Å². The first kappa shape index (κ1) is 13.0. The third kappa shape index (κ3) is 2.49. The maximum absolute atomic E-state index is 4.61. The summed E-state index contributed by atoms with van der Waals surface area (Å²) in [5.74, 6) is 0.472. The molecule has 7 heteroatoms. The Morgan fingerprint density at radius 3 is 3.00 bits per heavy atom. The van der Waals surface area contributed by atoms with Gasteiger partial charge in [-0.3, -0.25) is 0 Å². The summed E-state index contributed by atoms with van der Waals surface area (Å²) in [5, 5.41) is 18.9. The molecule has 0 saturated carbocycles. The molecule has 104 valence electrons. The van der Waals surface area contributed by atoms with Crippen LogP contribution in [0.2, 0.25) is 0 Å². The molecule has 0 aliphatic heterocycles. The molecule has 3 aromatic rings. The lowest BCUT2D eigenvalue weighted by Gasteiger charge is -2.06. The van der Waals surface area contributed by atoms with Crippen molar-refractivity contribution in [1.29, 1.82) is 0 Å². The number of hydrogen-bond acceptors (Lipinski definition) is 6. The highest BCUT2D eigenvalue weighted by Crippen LogP contribution is 2.20. The van der Waals surface area contributed by atoms with Crippen molar-refractivity contribution in [3.63, 3.8) is 0 Å². The average molecular weight is 288 g/mol. The van der Waals surface area contributed by atoms with Gasteiger partial charge >= 0.3 is 0 Å². The maximum Gasteiger partial charge on any atom is 0.200 e. The van der Waals surface area contributed by atoms with Gasteiger partial charge in [-0.15, -0.1) is 21.5 Å². The number of thiazole rings is 1. The Morgan fingerprint density at radius 2 is 2.25 bits per heavy atom. The summed E-state index contributed by atoms with van der Waals surface area (Å²) in [6.07, 6.45) is 1.60. The average Bonchev–Trinajstić information content (AvgIpc) is 3.04. The van der Waals surface area contributed by atoms with Gasteiger partial charge in [0.05, 0.1) is 28.6 Å². The number of aryl methyl sites for hydroxylation is 1. The predicted octanol–water partition coefficient (Wildman–Crippen LogP) is 2.62. The summed E-state index contributed by atoms with van der Waals surface area (Å²) in [7, 11) is 0. The fraction of sp³-hybridized carbons (Fsp3) is 0.385. The molecular weight excluding hydrogens is 272 g/mol. The van der Waals surface area contributed by atoms with E-state index in [-0.39, 0.29) is 0 Å². The fourth-order valence-electron chi connectivity index (χ4n) is 1.94. The van der Waals surface area contributed by atoms with Gasteiger partial charge in [0.25, 0.3) is 0 Å². The van der Waals surface area contributed by atoms with E-state index in [0.29, 0.717) is 12.5 Å². The quantitative estimate of drug-likeness (QED) is 0.799. The number of anilines is 1. The van der Waals surface area contributed by atoms with Crippen LogP contribution in [0.4, 0.5) is 5.69 Å². The van der Waals surface area contributed by atoms with Gasteiger partial charge in [0, 0.05) is 11.3 Å². The van der Waals surface area contributed by atoms with E-state index in [0.717, 1.165) is 22.7 Å². The monoisotopic (exact) mass is 288 g/mol. The third-order valence-electron chi connectivity index (χ3n) is 2.91. The van der Waals surface area contributed by atoms with E-state index in [9.17, 15) is 0 Å². The summed E-state index contributed by atoms with van der Waals surface area (Å²) < 4.78 is 1.68. The highest BCUT2D eigenvalue weighted by Gasteiger charge is 2.08. The highest BCUT2D eigenvalue weighted by atomic mass is 32.1. The SMILES string of the molecule is Cc1cc(NCc2csc(C(C)C)n2)c2nncn2n1. The molecule has 0 unspecified atom stereocenters. The van der Waals surface area contributed by atoms with Crippen LogP contribution in [-0.2, 0) is 6.54 Å². The number of hydrogen-bond donors (Lipinski definition) is 1. The van der Waals surface area contributed by atoms with E-state index < -0.39 is 0 Å². The third-order valence-corrected chi connectivity index (χ3v) is 4.11. The summed E-state index contributed by atoms with van der Waals surface area (Å²) >= 11 is 1.70. The molecular formula is C13H16N6S. The van der Waals surface area contributed by atoms with Crippen LogP contribution >= 0.6 is 11.3 Å². The Labute approximate surface area is 120 Å². The second kappa shape index (κ2) is 5.16. The molecule has 0 aliphatic rings. The van der Waals surface area contributed by atoms with Crippen LogP contribution in [-0.4, -0.2) is 24.8 Å². The van der Waals surface area contributed by atoms with E-state index in [1.165, 1.54) is 5.01 Å². The number of nitrogens with one attached hydrogen (secondary N) is 1. The van der Waals surface area contributed by atoms with E-state index in [2.05, 4.69) is 44.8 Å². The Bertz CT molecular complexity index is 729. The lowest BCUT2D eigenvalue weighted by atomic mass is 10.2. The van der Waals surface area contributed by atoms with Gasteiger partial charge in [-0.05, 0) is 13.0 Å². The van der Waals surface area contributed by atoms with Gasteiger partial charge < -0.3 is 5.32 Å². The molecule has 3 heterocycles. The molecule has 0 bridgehead atoms. The summed E-state index contributed by atoms with van der Waals surface area (Å²) in [5.41, 5.74) is 3.62. The lowest BCUT2D eigenvalue weighted by Crippen LogP contribution is -2.04. The van der Waals surface area contributed by atoms with Gasteiger partial charge in [0.2, 0.25) is 5.65 Å². The van der Waals surface area contributed by atoms with Gasteiger partial charge in [-0.1, -0.05) is 13.8 Å². The first-order chi connectivity index (χ1) is 9.63. The van der Waals surface area contributed by atoms with Crippen molar-refractivity contribution in [3.05, 3.63) is 34.2 Å². The zero-order valence-corrected chi connectivity index (χ0v) is 12.5. The van der Waals surface area contributed by atoms with Crippen LogP contribution < -0.4 is 5.32 Å². The smallest absolute Gasteiger partial charge is 0.200 e. The van der Waals surface area contributed by atoms with Crippen molar-refractivity contribution in [2.24, 2.45) is 0 Å². The molecule has 3 rings (SSSR count). The van der Waals surface area contributed by atoms with Crippen molar-refractivity contribution in [2.45, 2.75) is 33.2 Å². The van der Waals surface area contributed by atoms with Crippen LogP contribution in [0.15, 0.2) is 17.8 Å².